The molecule has 416 valence electrons. The molecule has 0 rings (SSSR count). The molecule has 6 atom stereocenters. The summed E-state index contributed by atoms with van der Waals surface area (Å²) in [6, 6.07) is 0. The fourth-order valence-corrected chi connectivity index (χ4v) is 6.08. The molecule has 13 nitrogen and oxygen atoms in total. The summed E-state index contributed by atoms with van der Waals surface area (Å²) < 4.78 is 42.7. The molecule has 0 radical (unpaired) electrons. The van der Waals surface area contributed by atoms with E-state index in [2.05, 4.69) is 0 Å². The van der Waals surface area contributed by atoms with Gasteiger partial charge in [0.05, 0.1) is 24.0 Å². The Hall–Kier alpha value is -3.22. The van der Waals surface area contributed by atoms with Gasteiger partial charge in [-0.1, -0.05) is 166 Å². The van der Waals surface area contributed by atoms with Crippen LogP contribution < -0.4 is 0 Å². The average molecular weight is 1010 g/mol. The van der Waals surface area contributed by atoms with E-state index in [1.165, 1.54) is 0 Å². The van der Waals surface area contributed by atoms with Gasteiger partial charge in [0, 0.05) is 38.5 Å². The molecule has 0 aliphatic rings. The zero-order chi connectivity index (χ0) is 55.8. The minimum Gasteiger partial charge on any atom is -0.465 e. The Bertz CT molecular complexity index is 1360. The molecule has 0 bridgehead atoms. The van der Waals surface area contributed by atoms with Crippen molar-refractivity contribution in [2.45, 2.75) is 205 Å². The highest BCUT2D eigenvalue weighted by Gasteiger charge is 2.42. The van der Waals surface area contributed by atoms with Gasteiger partial charge < -0.3 is 33.2 Å². The van der Waals surface area contributed by atoms with Gasteiger partial charge >= 0.3 is 35.8 Å². The lowest BCUT2D eigenvalue weighted by Crippen LogP contribution is -2.47. The van der Waals surface area contributed by atoms with Crippen molar-refractivity contribution >= 4 is 35.8 Å². The van der Waals surface area contributed by atoms with E-state index in [4.69, 9.17) is 33.2 Å². The van der Waals surface area contributed by atoms with E-state index in [9.17, 15) is 28.8 Å². The van der Waals surface area contributed by atoms with E-state index in [1.807, 2.05) is 166 Å². The van der Waals surface area contributed by atoms with Crippen LogP contribution in [0.1, 0.15) is 205 Å². The van der Waals surface area contributed by atoms with Gasteiger partial charge in [-0.05, 0) is 68.0 Å². The van der Waals surface area contributed by atoms with E-state index >= 15 is 0 Å². The highest BCUT2D eigenvalue weighted by molar-refractivity contribution is 5.72. The lowest BCUT2D eigenvalue weighted by Gasteiger charge is -2.36. The van der Waals surface area contributed by atoms with E-state index in [1.54, 1.807) is 0 Å². The van der Waals surface area contributed by atoms with Crippen molar-refractivity contribution in [1.82, 2.24) is 0 Å². The summed E-state index contributed by atoms with van der Waals surface area (Å²) in [6.45, 7) is 45.8. The predicted molar refractivity (Wildman–Crippen MR) is 281 cm³/mol. The number of carbonyl (C=O) groups is 6. The molecule has 0 aliphatic heterocycles. The smallest absolute Gasteiger partial charge is 0.306 e. The van der Waals surface area contributed by atoms with Gasteiger partial charge in [-0.25, -0.2) is 0 Å². The Morgan fingerprint density at radius 1 is 0.254 bits per heavy atom. The van der Waals surface area contributed by atoms with Crippen LogP contribution in [0.4, 0.5) is 0 Å². The van der Waals surface area contributed by atoms with Gasteiger partial charge in [-0.15, -0.1) is 0 Å². The van der Waals surface area contributed by atoms with Gasteiger partial charge in [0.2, 0.25) is 0 Å². The second-order valence-corrected chi connectivity index (χ2v) is 28.3. The van der Waals surface area contributed by atoms with Gasteiger partial charge in [0.1, 0.15) is 39.6 Å². The highest BCUT2D eigenvalue weighted by atomic mass is 16.6. The summed E-state index contributed by atoms with van der Waals surface area (Å²) >= 11 is 0. The maximum absolute atomic E-state index is 13.6. The van der Waals surface area contributed by atoms with Crippen LogP contribution in [0.3, 0.4) is 0 Å². The lowest BCUT2D eigenvalue weighted by molar-refractivity contribution is -0.177. The largest absolute Gasteiger partial charge is 0.465 e. The minimum atomic E-state index is -1.44. The normalized spacial score (nSPS) is 17.2. The summed E-state index contributed by atoms with van der Waals surface area (Å²) in [5.41, 5.74) is -4.06. The SMILES string of the molecule is CC(CC(=O)OCC(COCC(COC(=O)CC(C)C(C)(C)C)(COC(=O)CC(C)C(C)(C)C)COC(=O)CC(C)C(C)(C)C)(COC(=O)CC(C)C(C)(C)C)COC(=O)CC(C)C(C)(C)C)C(C)(C)C. The van der Waals surface area contributed by atoms with Gasteiger partial charge in [-0.3, -0.25) is 28.8 Å². The molecule has 0 heterocycles. The van der Waals surface area contributed by atoms with Crippen molar-refractivity contribution in [1.29, 1.82) is 0 Å². The molecular formula is C58H106O13. The first-order valence-electron chi connectivity index (χ1n) is 26.4. The van der Waals surface area contributed by atoms with Crippen molar-refractivity contribution < 1.29 is 61.9 Å². The first kappa shape index (κ1) is 67.8. The van der Waals surface area contributed by atoms with Crippen molar-refractivity contribution in [2.24, 2.45) is 78.8 Å². The van der Waals surface area contributed by atoms with E-state index in [-0.39, 0.29) is 159 Å². The zero-order valence-corrected chi connectivity index (χ0v) is 49.7. The molecule has 6 unspecified atom stereocenters. The van der Waals surface area contributed by atoms with Crippen LogP contribution in [0.15, 0.2) is 0 Å². The number of hydrogen-bond donors (Lipinski definition) is 0. The molecule has 0 saturated heterocycles. The van der Waals surface area contributed by atoms with Crippen LogP contribution in [0.5, 0.6) is 0 Å². The Morgan fingerprint density at radius 3 is 0.493 bits per heavy atom. The van der Waals surface area contributed by atoms with Crippen molar-refractivity contribution in [2.75, 3.05) is 52.9 Å². The van der Waals surface area contributed by atoms with Crippen molar-refractivity contribution in [3.8, 4) is 0 Å². The first-order chi connectivity index (χ1) is 31.8. The van der Waals surface area contributed by atoms with Crippen LogP contribution in [0.2, 0.25) is 0 Å². The molecule has 0 spiro atoms. The predicted octanol–water partition coefficient (Wildman–Crippen LogP) is 12.7. The van der Waals surface area contributed by atoms with Crippen molar-refractivity contribution in [3.63, 3.8) is 0 Å². The lowest BCUT2D eigenvalue weighted by atomic mass is 9.80. The van der Waals surface area contributed by atoms with Gasteiger partial charge in [0.25, 0.3) is 0 Å². The molecule has 0 aromatic heterocycles. The number of ether oxygens (including phenoxy) is 7. The van der Waals surface area contributed by atoms with Crippen LogP contribution in [-0.2, 0) is 61.9 Å². The average Bonchev–Trinajstić information content (AvgIpc) is 3.19. The van der Waals surface area contributed by atoms with Crippen LogP contribution >= 0.6 is 0 Å². The molecule has 0 amide bonds. The summed E-state index contributed by atoms with van der Waals surface area (Å²) in [6.07, 6.45) is 0.624. The topological polar surface area (TPSA) is 167 Å². The quantitative estimate of drug-likeness (QED) is 0.0537. The van der Waals surface area contributed by atoms with Crippen LogP contribution in [0.25, 0.3) is 0 Å². The Morgan fingerprint density at radius 2 is 0.380 bits per heavy atom. The second kappa shape index (κ2) is 27.9. The zero-order valence-electron chi connectivity index (χ0n) is 49.7. The molecular weight excluding hydrogens is 905 g/mol. The molecule has 13 heteroatoms. The fraction of sp³-hybridized carbons (Fsp3) is 0.897. The maximum atomic E-state index is 13.6. The fourth-order valence-electron chi connectivity index (χ4n) is 6.08. The minimum absolute atomic E-state index is 0.0491. The van der Waals surface area contributed by atoms with E-state index < -0.39 is 46.6 Å². The monoisotopic (exact) mass is 1010 g/mol. The molecule has 0 saturated carbocycles. The third kappa shape index (κ3) is 27.6. The summed E-state index contributed by atoms with van der Waals surface area (Å²) in [5, 5.41) is 0. The Balaban J connectivity index is 7.65. The molecule has 0 aromatic rings. The number of carbonyl (C=O) groups excluding carboxylic acids is 6. The Kier molecular flexibility index (Phi) is 26.6. The third-order valence-corrected chi connectivity index (χ3v) is 15.8. The summed E-state index contributed by atoms with van der Waals surface area (Å²) in [5.74, 6) is -3.24. The number of hydrogen-bond acceptors (Lipinski definition) is 13. The maximum Gasteiger partial charge on any atom is 0.306 e. The molecule has 0 aliphatic carbocycles. The summed E-state index contributed by atoms with van der Waals surface area (Å²) in [7, 11) is 0. The van der Waals surface area contributed by atoms with Gasteiger partial charge in [-0.2, -0.15) is 0 Å². The number of rotatable bonds is 28. The van der Waals surface area contributed by atoms with Crippen LogP contribution in [-0.4, -0.2) is 88.7 Å². The van der Waals surface area contributed by atoms with E-state index in [0.29, 0.717) is 0 Å². The van der Waals surface area contributed by atoms with Crippen molar-refractivity contribution in [3.05, 3.63) is 0 Å². The molecule has 71 heavy (non-hydrogen) atoms. The first-order valence-corrected chi connectivity index (χ1v) is 26.4. The Labute approximate surface area is 432 Å². The molecule has 0 aromatic carbocycles. The summed E-state index contributed by atoms with van der Waals surface area (Å²) in [4.78, 5) is 81.6. The van der Waals surface area contributed by atoms with E-state index in [0.717, 1.165) is 0 Å². The number of esters is 6. The molecule has 0 fully saturated rings. The third-order valence-electron chi connectivity index (χ3n) is 15.8. The van der Waals surface area contributed by atoms with Gasteiger partial charge in [0.15, 0.2) is 0 Å². The standard InChI is InChI=1S/C58H106O13/c1-39(51(7,8)9)25-45(59)66-33-57(34-67-46(60)26-40(2)52(10,11)12,35-68-47(61)27-41(3)53(13,14)15)31-65-32-58(36-69-48(62)28-42(4)54(16,17)18,37-70-49(63)29-43(5)55(19,20)21)38-71-50(64)30-44(6)56(22,23)24/h39-44H,25-38H2,1-24H3. The highest BCUT2D eigenvalue weighted by Crippen LogP contribution is 2.35. The molecule has 0 N–H and O–H groups in total. The second-order valence-electron chi connectivity index (χ2n) is 28.3. The van der Waals surface area contributed by atoms with Crippen LogP contribution in [0, 0.1) is 78.8 Å².